The van der Waals surface area contributed by atoms with Crippen molar-refractivity contribution in [1.82, 2.24) is 5.32 Å². The lowest BCUT2D eigenvalue weighted by Gasteiger charge is -2.25. The molecule has 1 rings (SSSR count). The summed E-state index contributed by atoms with van der Waals surface area (Å²) in [7, 11) is 5.40. The van der Waals surface area contributed by atoms with E-state index in [1.807, 2.05) is 13.1 Å². The molecule has 0 saturated carbocycles. The first-order valence-electron chi connectivity index (χ1n) is 6.98. The first-order chi connectivity index (χ1) is 9.43. The average Bonchev–Trinajstić information content (AvgIpc) is 2.43. The van der Waals surface area contributed by atoms with Crippen molar-refractivity contribution in [3.05, 3.63) is 22.2 Å². The number of benzene rings is 1. The Labute approximate surface area is 131 Å². The van der Waals surface area contributed by atoms with Crippen molar-refractivity contribution in [1.29, 1.82) is 0 Å². The molecule has 0 fully saturated rings. The van der Waals surface area contributed by atoms with E-state index >= 15 is 0 Å². The lowest BCUT2D eigenvalue weighted by atomic mass is 9.83. The standard InChI is InChI=1S/C16H26BrNO2/c1-16(2,8-9-18-3)7-6-12-10-15(20-5)13(17)11-14(12)19-4/h10-11,18H,6-9H2,1-5H3. The van der Waals surface area contributed by atoms with Gasteiger partial charge in [-0.2, -0.15) is 0 Å². The van der Waals surface area contributed by atoms with E-state index in [1.165, 1.54) is 12.0 Å². The zero-order valence-corrected chi connectivity index (χ0v) is 14.8. The lowest BCUT2D eigenvalue weighted by molar-refractivity contribution is 0.303. The van der Waals surface area contributed by atoms with Gasteiger partial charge in [0.2, 0.25) is 0 Å². The van der Waals surface area contributed by atoms with Crippen LogP contribution in [0.3, 0.4) is 0 Å². The fourth-order valence-electron chi connectivity index (χ4n) is 2.18. The van der Waals surface area contributed by atoms with Crippen LogP contribution in [0.4, 0.5) is 0 Å². The number of halogens is 1. The van der Waals surface area contributed by atoms with Gasteiger partial charge in [0.15, 0.2) is 0 Å². The van der Waals surface area contributed by atoms with Crippen LogP contribution >= 0.6 is 15.9 Å². The maximum Gasteiger partial charge on any atom is 0.133 e. The molecule has 0 bridgehead atoms. The topological polar surface area (TPSA) is 30.5 Å². The third kappa shape index (κ3) is 4.98. The fraction of sp³-hybridized carbons (Fsp3) is 0.625. The molecule has 0 atom stereocenters. The van der Waals surface area contributed by atoms with Crippen molar-refractivity contribution in [3.63, 3.8) is 0 Å². The van der Waals surface area contributed by atoms with Crippen LogP contribution < -0.4 is 14.8 Å². The molecule has 3 nitrogen and oxygen atoms in total. The SMILES string of the molecule is CNCCC(C)(C)CCc1cc(OC)c(Br)cc1OC. The summed E-state index contributed by atoms with van der Waals surface area (Å²) >= 11 is 3.49. The molecule has 0 amide bonds. The highest BCUT2D eigenvalue weighted by Gasteiger charge is 2.19. The Bertz CT molecular complexity index is 433. The normalized spacial score (nSPS) is 11.5. The zero-order valence-electron chi connectivity index (χ0n) is 13.2. The summed E-state index contributed by atoms with van der Waals surface area (Å²) in [5.41, 5.74) is 1.51. The largest absolute Gasteiger partial charge is 0.496 e. The first kappa shape index (κ1) is 17.3. The van der Waals surface area contributed by atoms with Gasteiger partial charge in [-0.25, -0.2) is 0 Å². The number of methoxy groups -OCH3 is 2. The number of nitrogens with one attached hydrogen (secondary N) is 1. The monoisotopic (exact) mass is 343 g/mol. The molecule has 1 aromatic rings. The molecule has 0 aliphatic heterocycles. The predicted molar refractivity (Wildman–Crippen MR) is 87.9 cm³/mol. The Hall–Kier alpha value is -0.740. The molecule has 0 heterocycles. The van der Waals surface area contributed by atoms with E-state index in [1.54, 1.807) is 14.2 Å². The van der Waals surface area contributed by atoms with E-state index in [-0.39, 0.29) is 0 Å². The van der Waals surface area contributed by atoms with E-state index in [4.69, 9.17) is 9.47 Å². The summed E-state index contributed by atoms with van der Waals surface area (Å²) in [5, 5.41) is 3.22. The quantitative estimate of drug-likeness (QED) is 0.772. The summed E-state index contributed by atoms with van der Waals surface area (Å²) in [6.07, 6.45) is 3.28. The highest BCUT2D eigenvalue weighted by molar-refractivity contribution is 9.10. The van der Waals surface area contributed by atoms with Crippen molar-refractivity contribution in [3.8, 4) is 11.5 Å². The summed E-state index contributed by atoms with van der Waals surface area (Å²) in [4.78, 5) is 0. The average molecular weight is 344 g/mol. The molecule has 0 spiro atoms. The summed E-state index contributed by atoms with van der Waals surface area (Å²) in [6.45, 7) is 5.67. The summed E-state index contributed by atoms with van der Waals surface area (Å²) in [5.74, 6) is 1.77. The van der Waals surface area contributed by atoms with Gasteiger partial charge in [0.25, 0.3) is 0 Å². The Morgan fingerprint density at radius 3 is 2.30 bits per heavy atom. The van der Waals surface area contributed by atoms with Gasteiger partial charge in [0.1, 0.15) is 11.5 Å². The first-order valence-corrected chi connectivity index (χ1v) is 7.78. The summed E-state index contributed by atoms with van der Waals surface area (Å²) in [6, 6.07) is 4.05. The highest BCUT2D eigenvalue weighted by atomic mass is 79.9. The molecule has 1 aromatic carbocycles. The number of aryl methyl sites for hydroxylation is 1. The van der Waals surface area contributed by atoms with E-state index in [2.05, 4.69) is 41.2 Å². The van der Waals surface area contributed by atoms with Gasteiger partial charge in [-0.3, -0.25) is 0 Å². The van der Waals surface area contributed by atoms with Gasteiger partial charge in [0, 0.05) is 0 Å². The van der Waals surface area contributed by atoms with Gasteiger partial charge in [0.05, 0.1) is 18.7 Å². The van der Waals surface area contributed by atoms with Crippen LogP contribution in [0.15, 0.2) is 16.6 Å². The van der Waals surface area contributed by atoms with Crippen LogP contribution in [0.1, 0.15) is 32.3 Å². The fourth-order valence-corrected chi connectivity index (χ4v) is 2.66. The third-order valence-electron chi connectivity index (χ3n) is 3.68. The minimum absolute atomic E-state index is 0.314. The van der Waals surface area contributed by atoms with Gasteiger partial charge in [-0.15, -0.1) is 0 Å². The molecule has 0 radical (unpaired) electrons. The minimum Gasteiger partial charge on any atom is -0.496 e. The Balaban J connectivity index is 2.80. The molecule has 0 aromatic heterocycles. The van der Waals surface area contributed by atoms with Crippen molar-refractivity contribution in [2.45, 2.75) is 33.1 Å². The van der Waals surface area contributed by atoms with Crippen molar-refractivity contribution in [2.75, 3.05) is 27.8 Å². The smallest absolute Gasteiger partial charge is 0.133 e. The van der Waals surface area contributed by atoms with Crippen LogP contribution in [0, 0.1) is 5.41 Å². The molecule has 0 aliphatic rings. The van der Waals surface area contributed by atoms with Gasteiger partial charge in [-0.05, 0) is 71.9 Å². The van der Waals surface area contributed by atoms with Gasteiger partial charge >= 0.3 is 0 Å². The molecule has 20 heavy (non-hydrogen) atoms. The molecular weight excluding hydrogens is 318 g/mol. The van der Waals surface area contributed by atoms with Crippen molar-refractivity contribution >= 4 is 15.9 Å². The number of ether oxygens (including phenoxy) is 2. The maximum absolute atomic E-state index is 5.47. The van der Waals surface area contributed by atoms with Crippen molar-refractivity contribution in [2.24, 2.45) is 5.41 Å². The Kier molecular flexibility index (Phi) is 6.83. The van der Waals surface area contributed by atoms with Crippen molar-refractivity contribution < 1.29 is 9.47 Å². The number of hydrogen-bond donors (Lipinski definition) is 1. The molecule has 0 aliphatic carbocycles. The summed E-state index contributed by atoms with van der Waals surface area (Å²) < 4.78 is 11.8. The number of rotatable bonds is 8. The maximum atomic E-state index is 5.47. The minimum atomic E-state index is 0.314. The second-order valence-electron chi connectivity index (χ2n) is 5.82. The third-order valence-corrected chi connectivity index (χ3v) is 4.30. The van der Waals surface area contributed by atoms with Crippen LogP contribution in [0.5, 0.6) is 11.5 Å². The van der Waals surface area contributed by atoms with Gasteiger partial charge < -0.3 is 14.8 Å². The lowest BCUT2D eigenvalue weighted by Crippen LogP contribution is -2.20. The Morgan fingerprint density at radius 2 is 1.75 bits per heavy atom. The van der Waals surface area contributed by atoms with Crippen LogP contribution in [-0.2, 0) is 6.42 Å². The van der Waals surface area contributed by atoms with Crippen LogP contribution in [0.25, 0.3) is 0 Å². The molecule has 0 unspecified atom stereocenters. The van der Waals surface area contributed by atoms with Crippen LogP contribution in [-0.4, -0.2) is 27.8 Å². The molecule has 4 heteroatoms. The predicted octanol–water partition coefficient (Wildman–Crippen LogP) is 4.03. The van der Waals surface area contributed by atoms with Crippen LogP contribution in [0.2, 0.25) is 0 Å². The molecule has 1 N–H and O–H groups in total. The van der Waals surface area contributed by atoms with E-state index in [9.17, 15) is 0 Å². The van der Waals surface area contributed by atoms with E-state index < -0.39 is 0 Å². The molecule has 0 saturated heterocycles. The number of hydrogen-bond acceptors (Lipinski definition) is 3. The highest BCUT2D eigenvalue weighted by Crippen LogP contribution is 2.35. The van der Waals surface area contributed by atoms with E-state index in [0.29, 0.717) is 5.41 Å². The second kappa shape index (κ2) is 7.89. The second-order valence-corrected chi connectivity index (χ2v) is 6.67. The van der Waals surface area contributed by atoms with Gasteiger partial charge in [-0.1, -0.05) is 13.8 Å². The molecule has 114 valence electrons. The Morgan fingerprint density at radius 1 is 1.10 bits per heavy atom. The zero-order chi connectivity index (χ0) is 15.2. The van der Waals surface area contributed by atoms with E-state index in [0.717, 1.165) is 35.4 Å². The molecular formula is C16H26BrNO2.